The fourth-order valence-electron chi connectivity index (χ4n) is 8.06. The largest absolute Gasteiger partial charge is 0.461 e. The van der Waals surface area contributed by atoms with E-state index in [0.29, 0.717) is 51.9 Å². The van der Waals surface area contributed by atoms with E-state index in [2.05, 4.69) is 32.0 Å². The quantitative estimate of drug-likeness (QED) is 0.288. The number of ether oxygens (including phenoxy) is 1. The molecule has 2 bridgehead atoms. The van der Waals surface area contributed by atoms with Gasteiger partial charge >= 0.3 is 6.01 Å². The molecule has 43 heavy (non-hydrogen) atoms. The first kappa shape index (κ1) is 27.2. The zero-order valence-corrected chi connectivity index (χ0v) is 24.8. The van der Waals surface area contributed by atoms with Crippen molar-refractivity contribution in [2.24, 2.45) is 0 Å². The number of nitrogen functional groups attached to an aromatic ring is 1. The van der Waals surface area contributed by atoms with E-state index in [-0.39, 0.29) is 34.9 Å². The first-order valence-corrected chi connectivity index (χ1v) is 15.5. The topological polar surface area (TPSA) is 92.4 Å². The van der Waals surface area contributed by atoms with Crippen LogP contribution in [0.5, 0.6) is 6.01 Å². The second-order valence-corrected chi connectivity index (χ2v) is 13.5. The van der Waals surface area contributed by atoms with Crippen molar-refractivity contribution < 1.29 is 13.5 Å². The highest BCUT2D eigenvalue weighted by molar-refractivity contribution is 6.36. The van der Waals surface area contributed by atoms with Crippen molar-refractivity contribution in [2.45, 2.75) is 62.3 Å². The van der Waals surface area contributed by atoms with E-state index in [1.54, 1.807) is 18.3 Å². The van der Waals surface area contributed by atoms with Gasteiger partial charge in [0.1, 0.15) is 29.8 Å². The Hall–Kier alpha value is -3.34. The number of nitrogens with one attached hydrogen (secondary N) is 1. The van der Waals surface area contributed by atoms with Crippen molar-refractivity contribution in [1.82, 2.24) is 25.2 Å². The third-order valence-corrected chi connectivity index (χ3v) is 10.3. The minimum Gasteiger partial charge on any atom is -0.461 e. The summed E-state index contributed by atoms with van der Waals surface area (Å²) in [5.74, 6) is 0.0103. The molecule has 0 aliphatic carbocycles. The predicted molar refractivity (Wildman–Crippen MR) is 165 cm³/mol. The Bertz CT molecular complexity index is 1770. The van der Waals surface area contributed by atoms with Crippen LogP contribution < -0.4 is 20.7 Å². The maximum atomic E-state index is 16.7. The average molecular weight is 606 g/mol. The number of hydrogen-bond donors (Lipinski definition) is 2. The van der Waals surface area contributed by atoms with Gasteiger partial charge in [-0.15, -0.1) is 0 Å². The summed E-state index contributed by atoms with van der Waals surface area (Å²) >= 11 is 6.61. The highest BCUT2D eigenvalue weighted by Gasteiger charge is 2.49. The molecular formula is C32H34ClF2N7O. The van der Waals surface area contributed by atoms with Crippen LogP contribution in [0.15, 0.2) is 36.5 Å². The molecule has 3 N–H and O–H groups in total. The minimum atomic E-state index is -0.875. The molecule has 224 valence electrons. The summed E-state index contributed by atoms with van der Waals surface area (Å²) in [5, 5.41) is 6.18. The molecule has 8 rings (SSSR count). The number of nitrogens with zero attached hydrogens (tertiary/aromatic N) is 5. The van der Waals surface area contributed by atoms with Crippen molar-refractivity contribution >= 4 is 44.8 Å². The van der Waals surface area contributed by atoms with Gasteiger partial charge in [-0.1, -0.05) is 23.7 Å². The lowest BCUT2D eigenvalue weighted by Gasteiger charge is -2.40. The molecule has 4 saturated heterocycles. The number of halogens is 3. The highest BCUT2D eigenvalue weighted by atomic mass is 35.5. The van der Waals surface area contributed by atoms with E-state index < -0.39 is 12.0 Å². The average Bonchev–Trinajstić information content (AvgIpc) is 3.59. The second kappa shape index (κ2) is 9.84. The third kappa shape index (κ3) is 4.48. The van der Waals surface area contributed by atoms with Crippen LogP contribution in [-0.4, -0.2) is 75.9 Å². The summed E-state index contributed by atoms with van der Waals surface area (Å²) < 4.78 is 37.5. The Kier molecular flexibility index (Phi) is 6.23. The van der Waals surface area contributed by atoms with Crippen molar-refractivity contribution in [3.8, 4) is 17.3 Å². The number of rotatable bonds is 5. The molecule has 4 aliphatic rings. The predicted octanol–water partition coefficient (Wildman–Crippen LogP) is 5.51. The molecule has 0 radical (unpaired) electrons. The SMILES string of the molecule is C[C@@]12CC[C@H](CN(c3nc(OCC45CCCN4C[C@H](F)C5)nc4c(F)c(-c5cc(N)cc6cccc(Cl)c56)ncc34)C1)N2. The van der Waals surface area contributed by atoms with Crippen molar-refractivity contribution in [3.05, 3.63) is 47.4 Å². The lowest BCUT2D eigenvalue weighted by molar-refractivity contribution is 0.107. The number of hydrogen-bond acceptors (Lipinski definition) is 8. The van der Waals surface area contributed by atoms with Crippen molar-refractivity contribution in [3.63, 3.8) is 0 Å². The number of pyridine rings is 1. The van der Waals surface area contributed by atoms with Crippen LogP contribution in [0.3, 0.4) is 0 Å². The van der Waals surface area contributed by atoms with Gasteiger partial charge in [-0.05, 0) is 62.7 Å². The lowest BCUT2D eigenvalue weighted by Crippen LogP contribution is -2.58. The number of anilines is 2. The standard InChI is InChI=1S/C32H34ClF2N7O/c1-31-8-6-21(40-31)15-41(16-31)29-23-13-37-27(22-11-20(36)10-18-4-2-5-24(33)25(18)22)26(35)28(23)38-30(39-29)43-17-32-7-3-9-42(32)14-19(34)12-32/h2,4-5,10-11,13,19,21,40H,3,6-9,12,14-17,36H2,1H3/t19-,21-,31-,32?/m1/s1. The monoisotopic (exact) mass is 605 g/mol. The zero-order chi connectivity index (χ0) is 29.5. The summed E-state index contributed by atoms with van der Waals surface area (Å²) in [6.45, 7) is 5.21. The Balaban J connectivity index is 1.26. The Labute approximate surface area is 253 Å². The molecule has 2 aromatic carbocycles. The minimum absolute atomic E-state index is 0.0619. The van der Waals surface area contributed by atoms with Crippen LogP contribution >= 0.6 is 11.6 Å². The lowest BCUT2D eigenvalue weighted by atomic mass is 9.95. The number of alkyl halides is 1. The Morgan fingerprint density at radius 3 is 2.95 bits per heavy atom. The summed E-state index contributed by atoms with van der Waals surface area (Å²) in [4.78, 5) is 18.5. The molecule has 4 atom stereocenters. The summed E-state index contributed by atoms with van der Waals surface area (Å²) in [6, 6.07) is 9.41. The van der Waals surface area contributed by atoms with E-state index in [0.717, 1.165) is 50.7 Å². The maximum Gasteiger partial charge on any atom is 0.319 e. The van der Waals surface area contributed by atoms with Gasteiger partial charge in [0.05, 0.1) is 10.9 Å². The van der Waals surface area contributed by atoms with Crippen LogP contribution in [-0.2, 0) is 0 Å². The normalized spacial score (nSPS) is 28.7. The zero-order valence-electron chi connectivity index (χ0n) is 24.0. The van der Waals surface area contributed by atoms with Gasteiger partial charge in [-0.3, -0.25) is 9.88 Å². The van der Waals surface area contributed by atoms with Gasteiger partial charge in [-0.2, -0.15) is 9.97 Å². The summed E-state index contributed by atoms with van der Waals surface area (Å²) in [5.41, 5.74) is 7.00. The van der Waals surface area contributed by atoms with E-state index in [9.17, 15) is 4.39 Å². The number of fused-ring (bicyclic) bond motifs is 5. The molecule has 8 nitrogen and oxygen atoms in total. The third-order valence-electron chi connectivity index (χ3n) is 9.96. The molecule has 11 heteroatoms. The van der Waals surface area contributed by atoms with Gasteiger partial charge in [-0.25, -0.2) is 8.78 Å². The number of nitrogens with two attached hydrogens (primary N) is 1. The van der Waals surface area contributed by atoms with Gasteiger partial charge < -0.3 is 20.7 Å². The smallest absolute Gasteiger partial charge is 0.319 e. The molecule has 4 aliphatic heterocycles. The van der Waals surface area contributed by atoms with Gasteiger partial charge in [0.2, 0.25) is 0 Å². The fourth-order valence-corrected chi connectivity index (χ4v) is 8.34. The van der Waals surface area contributed by atoms with Crippen LogP contribution in [0.4, 0.5) is 20.3 Å². The number of aromatic nitrogens is 3. The maximum absolute atomic E-state index is 16.7. The fraction of sp³-hybridized carbons (Fsp3) is 0.469. The second-order valence-electron chi connectivity index (χ2n) is 13.1. The molecule has 1 unspecified atom stereocenters. The highest BCUT2D eigenvalue weighted by Crippen LogP contribution is 2.42. The Morgan fingerprint density at radius 2 is 2.09 bits per heavy atom. The van der Waals surface area contributed by atoms with Crippen molar-refractivity contribution in [1.29, 1.82) is 0 Å². The molecule has 0 amide bonds. The molecule has 4 fully saturated rings. The van der Waals surface area contributed by atoms with Crippen LogP contribution in [0.2, 0.25) is 5.02 Å². The van der Waals surface area contributed by atoms with Crippen molar-refractivity contribution in [2.75, 3.05) is 43.4 Å². The number of benzene rings is 2. The van der Waals surface area contributed by atoms with Crippen LogP contribution in [0.1, 0.15) is 39.0 Å². The van der Waals surface area contributed by atoms with Gasteiger partial charge in [0, 0.05) is 65.5 Å². The van der Waals surface area contributed by atoms with E-state index in [1.165, 1.54) is 0 Å². The van der Waals surface area contributed by atoms with Gasteiger partial charge in [0.15, 0.2) is 5.82 Å². The van der Waals surface area contributed by atoms with E-state index in [1.807, 2.05) is 18.2 Å². The molecule has 6 heterocycles. The molecular weight excluding hydrogens is 572 g/mol. The first-order valence-electron chi connectivity index (χ1n) is 15.1. The molecule has 2 aromatic heterocycles. The summed E-state index contributed by atoms with van der Waals surface area (Å²) in [7, 11) is 0. The number of piperazine rings is 1. The Morgan fingerprint density at radius 1 is 1.21 bits per heavy atom. The van der Waals surface area contributed by atoms with E-state index in [4.69, 9.17) is 27.1 Å². The molecule has 0 spiro atoms. The van der Waals surface area contributed by atoms with Gasteiger partial charge in [0.25, 0.3) is 0 Å². The molecule has 4 aromatic rings. The van der Waals surface area contributed by atoms with Crippen LogP contribution in [0.25, 0.3) is 32.9 Å². The first-order chi connectivity index (χ1) is 20.7. The van der Waals surface area contributed by atoms with Crippen LogP contribution in [0, 0.1) is 5.82 Å². The summed E-state index contributed by atoms with van der Waals surface area (Å²) in [6.07, 6.45) is 5.19. The van der Waals surface area contributed by atoms with E-state index >= 15 is 4.39 Å². The molecule has 0 saturated carbocycles.